The largest absolute Gasteiger partial charge is 0.331 e. The molecule has 3 rings (SSSR count). The molecule has 18 heavy (non-hydrogen) atoms. The van der Waals surface area contributed by atoms with E-state index in [1.165, 1.54) is 29.7 Å². The van der Waals surface area contributed by atoms with Crippen molar-refractivity contribution < 1.29 is 0 Å². The lowest BCUT2D eigenvalue weighted by Gasteiger charge is -2.12. The first-order valence-electron chi connectivity index (χ1n) is 6.86. The Labute approximate surface area is 108 Å². The van der Waals surface area contributed by atoms with Crippen LogP contribution in [0.15, 0.2) is 18.2 Å². The second kappa shape index (κ2) is 4.09. The van der Waals surface area contributed by atoms with Crippen molar-refractivity contribution in [2.24, 2.45) is 12.8 Å². The summed E-state index contributed by atoms with van der Waals surface area (Å²) in [5, 5.41) is 0. The van der Waals surface area contributed by atoms with E-state index in [9.17, 15) is 0 Å². The summed E-state index contributed by atoms with van der Waals surface area (Å²) in [5.74, 6) is 1.18. The fraction of sp³-hybridized carbons (Fsp3) is 0.533. The fourth-order valence-corrected chi connectivity index (χ4v) is 2.79. The van der Waals surface area contributed by atoms with Gasteiger partial charge in [-0.1, -0.05) is 13.0 Å². The number of nitrogens with zero attached hydrogens (tertiary/aromatic N) is 2. The average molecular weight is 243 g/mol. The quantitative estimate of drug-likeness (QED) is 0.896. The van der Waals surface area contributed by atoms with Gasteiger partial charge >= 0.3 is 0 Å². The summed E-state index contributed by atoms with van der Waals surface area (Å²) in [5.41, 5.74) is 9.89. The van der Waals surface area contributed by atoms with E-state index in [4.69, 9.17) is 10.7 Å². The standard InChI is InChI=1S/C15H21N3/c1-3-4-14-17-12-9-11(15(10-16)7-8-15)5-6-13(12)18(14)2/h5-6,9H,3-4,7-8,10,16H2,1-2H3. The van der Waals surface area contributed by atoms with Gasteiger partial charge in [-0.3, -0.25) is 0 Å². The summed E-state index contributed by atoms with van der Waals surface area (Å²) >= 11 is 0. The highest BCUT2D eigenvalue weighted by Gasteiger charge is 2.42. The second-order valence-corrected chi connectivity index (χ2v) is 5.52. The van der Waals surface area contributed by atoms with Crippen LogP contribution in [0.4, 0.5) is 0 Å². The highest BCUT2D eigenvalue weighted by molar-refractivity contribution is 5.77. The average Bonchev–Trinajstić information content (AvgIpc) is 3.13. The van der Waals surface area contributed by atoms with E-state index in [0.717, 1.165) is 24.9 Å². The molecule has 0 saturated heterocycles. The Bertz CT molecular complexity index is 579. The van der Waals surface area contributed by atoms with Crippen LogP contribution in [0.3, 0.4) is 0 Å². The van der Waals surface area contributed by atoms with Crippen LogP contribution in [-0.4, -0.2) is 16.1 Å². The molecular weight excluding hydrogens is 222 g/mol. The minimum absolute atomic E-state index is 0.261. The van der Waals surface area contributed by atoms with Crippen molar-refractivity contribution in [1.82, 2.24) is 9.55 Å². The molecule has 3 heteroatoms. The first kappa shape index (κ1) is 11.7. The van der Waals surface area contributed by atoms with Crippen molar-refractivity contribution in [2.75, 3.05) is 6.54 Å². The molecule has 1 aromatic carbocycles. The Kier molecular flexibility index (Phi) is 2.67. The molecule has 1 aliphatic carbocycles. The molecule has 0 unspecified atom stereocenters. The highest BCUT2D eigenvalue weighted by atomic mass is 15.1. The van der Waals surface area contributed by atoms with Crippen LogP contribution in [0.5, 0.6) is 0 Å². The van der Waals surface area contributed by atoms with E-state index >= 15 is 0 Å². The van der Waals surface area contributed by atoms with Crippen LogP contribution < -0.4 is 5.73 Å². The maximum atomic E-state index is 5.90. The van der Waals surface area contributed by atoms with Gasteiger partial charge in [0.05, 0.1) is 11.0 Å². The molecule has 0 aliphatic heterocycles. The molecule has 0 bridgehead atoms. The first-order chi connectivity index (χ1) is 8.70. The molecule has 1 fully saturated rings. The normalized spacial score (nSPS) is 17.3. The van der Waals surface area contributed by atoms with Gasteiger partial charge in [-0.15, -0.1) is 0 Å². The molecule has 2 N–H and O–H groups in total. The van der Waals surface area contributed by atoms with E-state index in [2.05, 4.69) is 36.7 Å². The maximum absolute atomic E-state index is 5.90. The summed E-state index contributed by atoms with van der Waals surface area (Å²) in [6, 6.07) is 6.68. The van der Waals surface area contributed by atoms with Gasteiger partial charge in [-0.05, 0) is 37.0 Å². The van der Waals surface area contributed by atoms with E-state index in [0.29, 0.717) is 0 Å². The van der Waals surface area contributed by atoms with Gasteiger partial charge in [-0.2, -0.15) is 0 Å². The summed E-state index contributed by atoms with van der Waals surface area (Å²) in [6.45, 7) is 2.95. The molecular formula is C15H21N3. The van der Waals surface area contributed by atoms with Gasteiger partial charge in [0.1, 0.15) is 5.82 Å². The molecule has 1 saturated carbocycles. The molecule has 0 atom stereocenters. The lowest BCUT2D eigenvalue weighted by molar-refractivity contribution is 0.705. The molecule has 1 aliphatic rings. The predicted octanol–water partition coefficient (Wildman–Crippen LogP) is 2.52. The maximum Gasteiger partial charge on any atom is 0.109 e. The number of fused-ring (bicyclic) bond motifs is 1. The number of benzene rings is 1. The Morgan fingerprint density at radius 3 is 2.78 bits per heavy atom. The predicted molar refractivity (Wildman–Crippen MR) is 74.7 cm³/mol. The summed E-state index contributed by atoms with van der Waals surface area (Å²) in [6.07, 6.45) is 4.63. The Morgan fingerprint density at radius 1 is 1.39 bits per heavy atom. The SMILES string of the molecule is CCCc1nc2cc(C3(CN)CC3)ccc2n1C. The van der Waals surface area contributed by atoms with Crippen molar-refractivity contribution in [3.63, 3.8) is 0 Å². The zero-order chi connectivity index (χ0) is 12.8. The molecule has 96 valence electrons. The van der Waals surface area contributed by atoms with Gasteiger partial charge in [0.15, 0.2) is 0 Å². The molecule has 2 aromatic rings. The third kappa shape index (κ3) is 1.65. The number of rotatable bonds is 4. The number of hydrogen-bond donors (Lipinski definition) is 1. The monoisotopic (exact) mass is 243 g/mol. The lowest BCUT2D eigenvalue weighted by atomic mass is 9.96. The molecule has 3 nitrogen and oxygen atoms in total. The summed E-state index contributed by atoms with van der Waals surface area (Å²) in [7, 11) is 2.11. The van der Waals surface area contributed by atoms with E-state index in [1.54, 1.807) is 0 Å². The molecule has 1 heterocycles. The minimum Gasteiger partial charge on any atom is -0.331 e. The molecule has 0 spiro atoms. The van der Waals surface area contributed by atoms with Gasteiger partial charge in [0.2, 0.25) is 0 Å². The second-order valence-electron chi connectivity index (χ2n) is 5.52. The van der Waals surface area contributed by atoms with E-state index < -0.39 is 0 Å². The van der Waals surface area contributed by atoms with Crippen molar-refractivity contribution in [3.8, 4) is 0 Å². The smallest absolute Gasteiger partial charge is 0.109 e. The lowest BCUT2D eigenvalue weighted by Crippen LogP contribution is -2.19. The van der Waals surface area contributed by atoms with Crippen molar-refractivity contribution in [1.29, 1.82) is 0 Å². The topological polar surface area (TPSA) is 43.8 Å². The number of imidazole rings is 1. The molecule has 0 radical (unpaired) electrons. The highest BCUT2D eigenvalue weighted by Crippen LogP contribution is 2.47. The summed E-state index contributed by atoms with van der Waals surface area (Å²) in [4.78, 5) is 4.76. The van der Waals surface area contributed by atoms with Gasteiger partial charge in [-0.25, -0.2) is 4.98 Å². The summed E-state index contributed by atoms with van der Waals surface area (Å²) < 4.78 is 2.21. The van der Waals surface area contributed by atoms with Crippen molar-refractivity contribution in [2.45, 2.75) is 38.0 Å². The number of hydrogen-bond acceptors (Lipinski definition) is 2. The van der Waals surface area contributed by atoms with Gasteiger partial charge < -0.3 is 10.3 Å². The van der Waals surface area contributed by atoms with Crippen LogP contribution in [0.2, 0.25) is 0 Å². The third-order valence-corrected chi connectivity index (χ3v) is 4.30. The van der Waals surface area contributed by atoms with Gasteiger partial charge in [0, 0.05) is 25.4 Å². The van der Waals surface area contributed by atoms with E-state index in [-0.39, 0.29) is 5.41 Å². The molecule has 1 aromatic heterocycles. The van der Waals surface area contributed by atoms with E-state index in [1.807, 2.05) is 0 Å². The van der Waals surface area contributed by atoms with Crippen LogP contribution in [0.1, 0.15) is 37.6 Å². The Balaban J connectivity index is 2.07. The number of aryl methyl sites for hydroxylation is 2. The van der Waals surface area contributed by atoms with Crippen LogP contribution >= 0.6 is 0 Å². The van der Waals surface area contributed by atoms with Crippen LogP contribution in [-0.2, 0) is 18.9 Å². The minimum atomic E-state index is 0.261. The number of nitrogens with two attached hydrogens (primary N) is 1. The van der Waals surface area contributed by atoms with Crippen LogP contribution in [0, 0.1) is 0 Å². The molecule has 0 amide bonds. The zero-order valence-corrected chi connectivity index (χ0v) is 11.2. The first-order valence-corrected chi connectivity index (χ1v) is 6.86. The number of aromatic nitrogens is 2. The van der Waals surface area contributed by atoms with Crippen molar-refractivity contribution in [3.05, 3.63) is 29.6 Å². The third-order valence-electron chi connectivity index (χ3n) is 4.30. The Morgan fingerprint density at radius 2 is 2.17 bits per heavy atom. The van der Waals surface area contributed by atoms with Crippen molar-refractivity contribution >= 4 is 11.0 Å². The van der Waals surface area contributed by atoms with Gasteiger partial charge in [0.25, 0.3) is 0 Å². The fourth-order valence-electron chi connectivity index (χ4n) is 2.79. The zero-order valence-electron chi connectivity index (χ0n) is 11.2. The van der Waals surface area contributed by atoms with Crippen LogP contribution in [0.25, 0.3) is 11.0 Å². The Hall–Kier alpha value is -1.35.